The zero-order chi connectivity index (χ0) is 16.4. The number of aryl methyl sites for hydroxylation is 1. The van der Waals surface area contributed by atoms with Gasteiger partial charge in [0.1, 0.15) is 5.75 Å². The Hall–Kier alpha value is -2.61. The highest BCUT2D eigenvalue weighted by Crippen LogP contribution is 2.38. The molecule has 0 N–H and O–H groups in total. The van der Waals surface area contributed by atoms with Crippen molar-refractivity contribution in [1.82, 2.24) is 4.98 Å². The number of nitrogens with zero attached hydrogens (tertiary/aromatic N) is 1. The van der Waals surface area contributed by atoms with E-state index < -0.39 is 0 Å². The van der Waals surface area contributed by atoms with Gasteiger partial charge in [-0.2, -0.15) is 0 Å². The fourth-order valence-electron chi connectivity index (χ4n) is 3.57. The number of fused-ring (bicyclic) bond motifs is 1. The van der Waals surface area contributed by atoms with Crippen LogP contribution in [0.4, 0.5) is 0 Å². The maximum Gasteiger partial charge on any atom is 0.126 e. The number of ether oxygens (including phenoxy) is 1. The second-order valence-electron chi connectivity index (χ2n) is 6.25. The van der Waals surface area contributed by atoms with E-state index in [4.69, 9.17) is 9.72 Å². The van der Waals surface area contributed by atoms with Crippen LogP contribution in [0.25, 0.3) is 22.4 Å². The molecule has 2 heteroatoms. The van der Waals surface area contributed by atoms with Crippen LogP contribution >= 0.6 is 0 Å². The lowest BCUT2D eigenvalue weighted by Crippen LogP contribution is -2.08. The van der Waals surface area contributed by atoms with Gasteiger partial charge in [-0.05, 0) is 48.9 Å². The number of pyridine rings is 1. The van der Waals surface area contributed by atoms with E-state index in [1.54, 1.807) is 7.11 Å². The summed E-state index contributed by atoms with van der Waals surface area (Å²) < 4.78 is 5.62. The molecule has 0 unspecified atom stereocenters. The molecule has 1 aliphatic rings. The SMILES string of the molecule is COc1ccccc1-c1cc(-c2ccccc2)nc2c1CCCC2. The van der Waals surface area contributed by atoms with Crippen molar-refractivity contribution in [2.45, 2.75) is 25.7 Å². The second-order valence-corrected chi connectivity index (χ2v) is 6.25. The van der Waals surface area contributed by atoms with Gasteiger partial charge in [0.2, 0.25) is 0 Å². The quantitative estimate of drug-likeness (QED) is 0.654. The summed E-state index contributed by atoms with van der Waals surface area (Å²) in [5, 5.41) is 0. The highest BCUT2D eigenvalue weighted by Gasteiger charge is 2.19. The summed E-state index contributed by atoms with van der Waals surface area (Å²) in [5.74, 6) is 0.926. The first-order chi connectivity index (χ1) is 11.9. The number of hydrogen-bond donors (Lipinski definition) is 0. The lowest BCUT2D eigenvalue weighted by atomic mass is 9.88. The van der Waals surface area contributed by atoms with Crippen molar-refractivity contribution in [3.8, 4) is 28.1 Å². The summed E-state index contributed by atoms with van der Waals surface area (Å²) in [6.07, 6.45) is 4.63. The first-order valence-corrected chi connectivity index (χ1v) is 8.58. The van der Waals surface area contributed by atoms with Crippen LogP contribution in [0.5, 0.6) is 5.75 Å². The molecule has 4 rings (SSSR count). The van der Waals surface area contributed by atoms with Crippen molar-refractivity contribution in [2.75, 3.05) is 7.11 Å². The molecule has 24 heavy (non-hydrogen) atoms. The molecule has 1 aliphatic carbocycles. The molecule has 0 saturated heterocycles. The molecule has 0 fully saturated rings. The van der Waals surface area contributed by atoms with E-state index in [1.807, 2.05) is 18.2 Å². The molecular formula is C22H21NO. The third kappa shape index (κ3) is 2.69. The normalized spacial score (nSPS) is 13.4. The Morgan fingerprint density at radius 3 is 2.42 bits per heavy atom. The molecule has 120 valence electrons. The second kappa shape index (κ2) is 6.48. The van der Waals surface area contributed by atoms with Gasteiger partial charge in [0, 0.05) is 16.8 Å². The van der Waals surface area contributed by atoms with Crippen molar-refractivity contribution in [1.29, 1.82) is 0 Å². The number of aromatic nitrogens is 1. The molecule has 2 nitrogen and oxygen atoms in total. The molecule has 1 aromatic heterocycles. The van der Waals surface area contributed by atoms with E-state index >= 15 is 0 Å². The molecule has 0 bridgehead atoms. The molecular weight excluding hydrogens is 294 g/mol. The first kappa shape index (κ1) is 14.9. The lowest BCUT2D eigenvalue weighted by Gasteiger charge is -2.21. The van der Waals surface area contributed by atoms with E-state index in [0.717, 1.165) is 29.8 Å². The summed E-state index contributed by atoms with van der Waals surface area (Å²) in [5.41, 5.74) is 7.31. The molecule has 0 radical (unpaired) electrons. The number of hydrogen-bond acceptors (Lipinski definition) is 2. The van der Waals surface area contributed by atoms with E-state index in [1.165, 1.54) is 35.2 Å². The minimum atomic E-state index is 0.926. The number of rotatable bonds is 3. The number of para-hydroxylation sites is 1. The van der Waals surface area contributed by atoms with Gasteiger partial charge in [-0.15, -0.1) is 0 Å². The van der Waals surface area contributed by atoms with E-state index in [-0.39, 0.29) is 0 Å². The van der Waals surface area contributed by atoms with Crippen molar-refractivity contribution in [3.05, 3.63) is 71.9 Å². The minimum Gasteiger partial charge on any atom is -0.496 e. The summed E-state index contributed by atoms with van der Waals surface area (Å²) in [7, 11) is 1.74. The fourth-order valence-corrected chi connectivity index (χ4v) is 3.57. The maximum absolute atomic E-state index is 5.62. The van der Waals surface area contributed by atoms with Gasteiger partial charge in [-0.25, -0.2) is 0 Å². The zero-order valence-electron chi connectivity index (χ0n) is 14.0. The van der Waals surface area contributed by atoms with Gasteiger partial charge in [-0.1, -0.05) is 48.5 Å². The Morgan fingerprint density at radius 2 is 1.58 bits per heavy atom. The Bertz CT molecular complexity index is 855. The highest BCUT2D eigenvalue weighted by molar-refractivity contribution is 5.78. The average molecular weight is 315 g/mol. The van der Waals surface area contributed by atoms with Crippen LogP contribution in [-0.2, 0) is 12.8 Å². The third-order valence-corrected chi connectivity index (χ3v) is 4.77. The van der Waals surface area contributed by atoms with Crippen LogP contribution in [0.15, 0.2) is 60.7 Å². The average Bonchev–Trinajstić information content (AvgIpc) is 2.68. The monoisotopic (exact) mass is 315 g/mol. The number of methoxy groups -OCH3 is 1. The summed E-state index contributed by atoms with van der Waals surface area (Å²) in [4.78, 5) is 4.98. The maximum atomic E-state index is 5.62. The minimum absolute atomic E-state index is 0.926. The zero-order valence-corrected chi connectivity index (χ0v) is 14.0. The van der Waals surface area contributed by atoms with Crippen LogP contribution < -0.4 is 4.74 Å². The topological polar surface area (TPSA) is 22.1 Å². The summed E-state index contributed by atoms with van der Waals surface area (Å²) in [6.45, 7) is 0. The molecule has 3 aromatic rings. The Balaban J connectivity index is 1.95. The van der Waals surface area contributed by atoms with Crippen molar-refractivity contribution in [2.24, 2.45) is 0 Å². The fraction of sp³-hybridized carbons (Fsp3) is 0.227. The number of benzene rings is 2. The van der Waals surface area contributed by atoms with Crippen LogP contribution in [0.3, 0.4) is 0 Å². The summed E-state index contributed by atoms with van der Waals surface area (Å²) >= 11 is 0. The van der Waals surface area contributed by atoms with Crippen molar-refractivity contribution >= 4 is 0 Å². The molecule has 0 amide bonds. The lowest BCUT2D eigenvalue weighted by molar-refractivity contribution is 0.416. The first-order valence-electron chi connectivity index (χ1n) is 8.58. The van der Waals surface area contributed by atoms with E-state index in [0.29, 0.717) is 0 Å². The van der Waals surface area contributed by atoms with Crippen LogP contribution in [0.1, 0.15) is 24.1 Å². The Kier molecular flexibility index (Phi) is 4.04. The van der Waals surface area contributed by atoms with Crippen LogP contribution in [0, 0.1) is 0 Å². The van der Waals surface area contributed by atoms with Crippen LogP contribution in [0.2, 0.25) is 0 Å². The van der Waals surface area contributed by atoms with Crippen molar-refractivity contribution in [3.63, 3.8) is 0 Å². The molecule has 0 aliphatic heterocycles. The molecule has 2 aromatic carbocycles. The van der Waals surface area contributed by atoms with Gasteiger partial charge in [0.15, 0.2) is 0 Å². The third-order valence-electron chi connectivity index (χ3n) is 4.77. The van der Waals surface area contributed by atoms with Gasteiger partial charge in [-0.3, -0.25) is 4.98 Å². The van der Waals surface area contributed by atoms with Gasteiger partial charge in [0.25, 0.3) is 0 Å². The predicted molar refractivity (Wildman–Crippen MR) is 98.3 cm³/mol. The Morgan fingerprint density at radius 1 is 0.833 bits per heavy atom. The standard InChI is InChI=1S/C22H21NO/c1-24-22-14-8-6-12-18(22)19-15-21(16-9-3-2-4-10-16)23-20-13-7-5-11-17(19)20/h2-4,6,8-10,12,14-15H,5,7,11,13H2,1H3. The van der Waals surface area contributed by atoms with E-state index in [9.17, 15) is 0 Å². The highest BCUT2D eigenvalue weighted by atomic mass is 16.5. The molecule has 1 heterocycles. The van der Waals surface area contributed by atoms with Gasteiger partial charge < -0.3 is 4.74 Å². The van der Waals surface area contributed by atoms with E-state index in [2.05, 4.69) is 42.5 Å². The Labute approximate surface area is 143 Å². The molecule has 0 saturated carbocycles. The summed E-state index contributed by atoms with van der Waals surface area (Å²) in [6, 6.07) is 21.0. The van der Waals surface area contributed by atoms with Gasteiger partial charge >= 0.3 is 0 Å². The molecule has 0 spiro atoms. The predicted octanol–water partition coefficient (Wildman–Crippen LogP) is 5.30. The van der Waals surface area contributed by atoms with Crippen LogP contribution in [-0.4, -0.2) is 12.1 Å². The van der Waals surface area contributed by atoms with Crippen molar-refractivity contribution < 1.29 is 4.74 Å². The van der Waals surface area contributed by atoms with Gasteiger partial charge in [0.05, 0.1) is 12.8 Å². The largest absolute Gasteiger partial charge is 0.496 e. The molecule has 0 atom stereocenters. The smallest absolute Gasteiger partial charge is 0.126 e.